The van der Waals surface area contributed by atoms with Crippen molar-refractivity contribution in [2.24, 2.45) is 0 Å². The lowest BCUT2D eigenvalue weighted by Gasteiger charge is -2.35. The van der Waals surface area contributed by atoms with Crippen molar-refractivity contribution >= 4 is 29.2 Å². The van der Waals surface area contributed by atoms with Crippen LogP contribution in [0.3, 0.4) is 0 Å². The number of nitrogens with zero attached hydrogens (tertiary/aromatic N) is 5. The molecule has 1 saturated heterocycles. The molecule has 5 nitrogen and oxygen atoms in total. The fourth-order valence-corrected chi connectivity index (χ4v) is 2.45. The predicted molar refractivity (Wildman–Crippen MR) is 68.8 cm³/mol. The first-order valence-corrected chi connectivity index (χ1v) is 6.30. The molecule has 1 fully saturated rings. The van der Waals surface area contributed by atoms with Crippen LogP contribution < -0.4 is 4.90 Å². The second kappa shape index (κ2) is 5.33. The number of anilines is 1. The maximum atomic E-state index is 5.78. The summed E-state index contributed by atoms with van der Waals surface area (Å²) in [5, 5.41) is 0.270. The highest BCUT2D eigenvalue weighted by Gasteiger charge is 2.23. The molecule has 0 spiro atoms. The van der Waals surface area contributed by atoms with Gasteiger partial charge in [-0.1, -0.05) is 0 Å². The highest BCUT2D eigenvalue weighted by molar-refractivity contribution is 6.31. The van der Waals surface area contributed by atoms with Crippen LogP contribution in [0.4, 0.5) is 5.95 Å². The van der Waals surface area contributed by atoms with Gasteiger partial charge >= 0.3 is 0 Å². The van der Waals surface area contributed by atoms with E-state index in [0.29, 0.717) is 12.0 Å². The van der Waals surface area contributed by atoms with Gasteiger partial charge in [-0.3, -0.25) is 0 Å². The number of likely N-dealkylation sites (N-methyl/N-ethyl adjacent to an activating group) is 2. The van der Waals surface area contributed by atoms with E-state index in [4.69, 9.17) is 23.2 Å². The largest absolute Gasteiger partial charge is 0.339 e. The first-order valence-electron chi connectivity index (χ1n) is 5.54. The summed E-state index contributed by atoms with van der Waals surface area (Å²) in [5.74, 6) is 0.537. The Morgan fingerprint density at radius 3 is 2.47 bits per heavy atom. The van der Waals surface area contributed by atoms with Crippen molar-refractivity contribution in [3.63, 3.8) is 0 Å². The van der Waals surface area contributed by atoms with Gasteiger partial charge in [0.2, 0.25) is 16.5 Å². The van der Waals surface area contributed by atoms with Crippen LogP contribution in [-0.2, 0) is 0 Å². The van der Waals surface area contributed by atoms with Crippen LogP contribution in [0.5, 0.6) is 0 Å². The van der Waals surface area contributed by atoms with Gasteiger partial charge in [0, 0.05) is 19.6 Å². The van der Waals surface area contributed by atoms with Crippen LogP contribution in [0.1, 0.15) is 12.8 Å². The van der Waals surface area contributed by atoms with E-state index in [9.17, 15) is 0 Å². The second-order valence-electron chi connectivity index (χ2n) is 4.34. The topological polar surface area (TPSA) is 45.2 Å². The van der Waals surface area contributed by atoms with Crippen LogP contribution in [0.15, 0.2) is 0 Å². The number of hydrogen-bond donors (Lipinski definition) is 0. The molecule has 0 saturated carbocycles. The zero-order chi connectivity index (χ0) is 12.4. The SMILES string of the molecule is CN1CCCC(N(C)c2nc(Cl)nc(Cl)n2)C1. The molecule has 0 aromatic carbocycles. The van der Waals surface area contributed by atoms with E-state index >= 15 is 0 Å². The van der Waals surface area contributed by atoms with Crippen molar-refractivity contribution in [2.45, 2.75) is 18.9 Å². The van der Waals surface area contributed by atoms with E-state index in [1.165, 1.54) is 6.42 Å². The quantitative estimate of drug-likeness (QED) is 0.822. The summed E-state index contributed by atoms with van der Waals surface area (Å²) in [5.41, 5.74) is 0. The lowest BCUT2D eigenvalue weighted by Crippen LogP contribution is -2.45. The third-order valence-electron chi connectivity index (χ3n) is 3.03. The summed E-state index contributed by atoms with van der Waals surface area (Å²) >= 11 is 11.6. The van der Waals surface area contributed by atoms with Gasteiger partial charge in [-0.15, -0.1) is 0 Å². The molecule has 1 atom stereocenters. The van der Waals surface area contributed by atoms with E-state index in [1.54, 1.807) is 0 Å². The summed E-state index contributed by atoms with van der Waals surface area (Å²) < 4.78 is 0. The van der Waals surface area contributed by atoms with Crippen LogP contribution in [0, 0.1) is 0 Å². The van der Waals surface area contributed by atoms with Gasteiger partial charge in [0.25, 0.3) is 0 Å². The lowest BCUT2D eigenvalue weighted by molar-refractivity contribution is 0.247. The Morgan fingerprint density at radius 1 is 1.24 bits per heavy atom. The highest BCUT2D eigenvalue weighted by atomic mass is 35.5. The molecule has 1 aliphatic heterocycles. The van der Waals surface area contributed by atoms with E-state index in [-0.39, 0.29) is 10.6 Å². The van der Waals surface area contributed by atoms with Crippen LogP contribution in [0.25, 0.3) is 0 Å². The molecule has 2 heterocycles. The summed E-state index contributed by atoms with van der Waals surface area (Å²) in [6, 6.07) is 0.392. The van der Waals surface area contributed by atoms with Gasteiger partial charge in [0.15, 0.2) is 0 Å². The van der Waals surface area contributed by atoms with E-state index in [2.05, 4.69) is 26.9 Å². The molecule has 94 valence electrons. The van der Waals surface area contributed by atoms with E-state index < -0.39 is 0 Å². The van der Waals surface area contributed by atoms with Gasteiger partial charge in [-0.2, -0.15) is 15.0 Å². The maximum Gasteiger partial charge on any atom is 0.230 e. The zero-order valence-electron chi connectivity index (χ0n) is 9.90. The fraction of sp³-hybridized carbons (Fsp3) is 0.700. The molecule has 0 bridgehead atoms. The van der Waals surface area contributed by atoms with Gasteiger partial charge < -0.3 is 9.80 Å². The Balaban J connectivity index is 2.15. The minimum atomic E-state index is 0.135. The van der Waals surface area contributed by atoms with Gasteiger partial charge in [0.1, 0.15) is 0 Å². The van der Waals surface area contributed by atoms with Crippen molar-refractivity contribution < 1.29 is 0 Å². The minimum Gasteiger partial charge on any atom is -0.339 e. The fourth-order valence-electron chi connectivity index (χ4n) is 2.09. The van der Waals surface area contributed by atoms with Gasteiger partial charge in [-0.05, 0) is 49.6 Å². The molecule has 0 amide bonds. The molecule has 2 rings (SSSR count). The Hall–Kier alpha value is -0.650. The van der Waals surface area contributed by atoms with Crippen molar-refractivity contribution in [1.29, 1.82) is 0 Å². The Bertz CT molecular complexity index is 380. The summed E-state index contributed by atoms with van der Waals surface area (Å²) in [6.07, 6.45) is 2.31. The Labute approximate surface area is 111 Å². The molecule has 1 unspecified atom stereocenters. The number of halogens is 2. The molecular weight excluding hydrogens is 261 g/mol. The van der Waals surface area contributed by atoms with Crippen molar-refractivity contribution in [2.75, 3.05) is 32.1 Å². The molecule has 17 heavy (non-hydrogen) atoms. The molecule has 0 N–H and O–H groups in total. The predicted octanol–water partition coefficient (Wildman–Crippen LogP) is 1.71. The number of piperidine rings is 1. The Morgan fingerprint density at radius 2 is 1.88 bits per heavy atom. The first-order chi connectivity index (χ1) is 8.06. The van der Waals surface area contributed by atoms with Crippen LogP contribution >= 0.6 is 23.2 Å². The van der Waals surface area contributed by atoms with Crippen molar-refractivity contribution in [1.82, 2.24) is 19.9 Å². The monoisotopic (exact) mass is 275 g/mol. The third kappa shape index (κ3) is 3.18. The highest BCUT2D eigenvalue weighted by Crippen LogP contribution is 2.19. The van der Waals surface area contributed by atoms with Crippen molar-refractivity contribution in [3.8, 4) is 0 Å². The van der Waals surface area contributed by atoms with Gasteiger partial charge in [-0.25, -0.2) is 0 Å². The molecule has 7 heteroatoms. The molecular formula is C10H15Cl2N5. The summed E-state index contributed by atoms with van der Waals surface area (Å²) in [7, 11) is 4.08. The average Bonchev–Trinajstić information content (AvgIpc) is 2.26. The molecule has 0 radical (unpaired) electrons. The van der Waals surface area contributed by atoms with E-state index in [1.807, 2.05) is 11.9 Å². The zero-order valence-corrected chi connectivity index (χ0v) is 11.4. The maximum absolute atomic E-state index is 5.78. The van der Waals surface area contributed by atoms with E-state index in [0.717, 1.165) is 19.5 Å². The lowest BCUT2D eigenvalue weighted by atomic mass is 10.1. The summed E-state index contributed by atoms with van der Waals surface area (Å²) in [6.45, 7) is 2.14. The number of rotatable bonds is 2. The van der Waals surface area contributed by atoms with Gasteiger partial charge in [0.05, 0.1) is 0 Å². The third-order valence-corrected chi connectivity index (χ3v) is 3.37. The minimum absolute atomic E-state index is 0.135. The standard InChI is InChI=1S/C10H15Cl2N5/c1-16-5-3-4-7(6-16)17(2)10-14-8(11)13-9(12)15-10/h7H,3-6H2,1-2H3. The molecule has 0 aliphatic carbocycles. The number of likely N-dealkylation sites (tertiary alicyclic amines) is 1. The normalized spacial score (nSPS) is 21.5. The summed E-state index contributed by atoms with van der Waals surface area (Å²) in [4.78, 5) is 16.3. The molecule has 1 aliphatic rings. The van der Waals surface area contributed by atoms with Crippen LogP contribution in [-0.4, -0.2) is 53.1 Å². The molecule has 1 aromatic rings. The smallest absolute Gasteiger partial charge is 0.230 e. The molecule has 1 aromatic heterocycles. The van der Waals surface area contributed by atoms with Crippen molar-refractivity contribution in [3.05, 3.63) is 10.6 Å². The first kappa shape index (κ1) is 12.8. The number of hydrogen-bond acceptors (Lipinski definition) is 5. The second-order valence-corrected chi connectivity index (χ2v) is 5.02. The van der Waals surface area contributed by atoms with Crippen LogP contribution in [0.2, 0.25) is 10.6 Å². The number of aromatic nitrogens is 3. The Kier molecular flexibility index (Phi) is 4.01. The average molecular weight is 276 g/mol.